The molecule has 0 amide bonds. The van der Waals surface area contributed by atoms with Crippen LogP contribution in [0.15, 0.2) is 58.2 Å². The minimum Gasteiger partial charge on any atom is -0.495 e. The molecule has 3 rings (SSSR count). The van der Waals surface area contributed by atoms with Gasteiger partial charge in [0.1, 0.15) is 12.0 Å². The normalized spacial score (nSPS) is 11.4. The number of anilines is 1. The average molecular weight is 430 g/mol. The molecule has 158 valence electrons. The van der Waals surface area contributed by atoms with Gasteiger partial charge in [-0.25, -0.2) is 4.79 Å². The summed E-state index contributed by atoms with van der Waals surface area (Å²) in [5, 5.41) is -0.274. The number of sulfonamides is 1. The molecule has 0 spiro atoms. The minimum atomic E-state index is -4.04. The first-order chi connectivity index (χ1) is 14.2. The Hall–Kier alpha value is -3.33. The standard InChI is InChI=1S/C21H22N2O6S/c1-13(2)14-5-7-15(8-6-14)20-22-19(12-29-20)30(25,26)23-17-10-9-16(21(24)28-4)11-18(17)27-3/h5-13,23H,1-4H3. The van der Waals surface area contributed by atoms with Gasteiger partial charge in [-0.3, -0.25) is 4.72 Å². The number of aromatic nitrogens is 1. The molecule has 0 aliphatic rings. The second-order valence-corrected chi connectivity index (χ2v) is 8.41. The van der Waals surface area contributed by atoms with Gasteiger partial charge in [0.25, 0.3) is 10.0 Å². The van der Waals surface area contributed by atoms with Crippen LogP contribution in [0, 0.1) is 0 Å². The number of hydrogen-bond donors (Lipinski definition) is 1. The van der Waals surface area contributed by atoms with E-state index in [1.807, 2.05) is 24.3 Å². The van der Waals surface area contributed by atoms with Crippen LogP contribution in [0.2, 0.25) is 0 Å². The zero-order valence-corrected chi connectivity index (χ0v) is 17.8. The first kappa shape index (κ1) is 21.4. The van der Waals surface area contributed by atoms with E-state index in [-0.39, 0.29) is 27.9 Å². The number of hydrogen-bond acceptors (Lipinski definition) is 7. The van der Waals surface area contributed by atoms with Crippen molar-refractivity contribution in [1.82, 2.24) is 4.98 Å². The second-order valence-electron chi connectivity index (χ2n) is 6.78. The maximum Gasteiger partial charge on any atom is 0.337 e. The molecular weight excluding hydrogens is 408 g/mol. The summed E-state index contributed by atoms with van der Waals surface area (Å²) in [6.45, 7) is 4.17. The van der Waals surface area contributed by atoms with Crippen molar-refractivity contribution in [2.45, 2.75) is 24.8 Å². The van der Waals surface area contributed by atoms with E-state index in [4.69, 9.17) is 9.15 Å². The van der Waals surface area contributed by atoms with Crippen molar-refractivity contribution in [3.63, 3.8) is 0 Å². The van der Waals surface area contributed by atoms with Gasteiger partial charge in [-0.15, -0.1) is 0 Å². The maximum atomic E-state index is 12.8. The number of methoxy groups -OCH3 is 2. The topological polar surface area (TPSA) is 108 Å². The highest BCUT2D eigenvalue weighted by molar-refractivity contribution is 7.92. The lowest BCUT2D eigenvalue weighted by molar-refractivity contribution is 0.0600. The molecule has 0 atom stereocenters. The maximum absolute atomic E-state index is 12.8. The van der Waals surface area contributed by atoms with E-state index in [0.29, 0.717) is 11.5 Å². The van der Waals surface area contributed by atoms with Crippen LogP contribution >= 0.6 is 0 Å². The molecule has 8 nitrogen and oxygen atoms in total. The molecule has 2 aromatic carbocycles. The van der Waals surface area contributed by atoms with Crippen LogP contribution in [0.3, 0.4) is 0 Å². The van der Waals surface area contributed by atoms with E-state index in [2.05, 4.69) is 28.3 Å². The van der Waals surface area contributed by atoms with E-state index in [1.165, 1.54) is 32.4 Å². The fourth-order valence-corrected chi connectivity index (χ4v) is 3.68. The average Bonchev–Trinajstić information content (AvgIpc) is 3.24. The molecule has 3 aromatic rings. The zero-order valence-electron chi connectivity index (χ0n) is 17.0. The van der Waals surface area contributed by atoms with Crippen LogP contribution in [0.1, 0.15) is 35.7 Å². The Morgan fingerprint density at radius 1 is 1.10 bits per heavy atom. The number of nitrogens with zero attached hydrogens (tertiary/aromatic N) is 1. The fraction of sp³-hybridized carbons (Fsp3) is 0.238. The number of rotatable bonds is 7. The van der Waals surface area contributed by atoms with Crippen LogP contribution in [0.5, 0.6) is 5.75 Å². The summed E-state index contributed by atoms with van der Waals surface area (Å²) >= 11 is 0. The van der Waals surface area contributed by atoms with E-state index >= 15 is 0 Å². The van der Waals surface area contributed by atoms with Crippen LogP contribution < -0.4 is 9.46 Å². The number of nitrogens with one attached hydrogen (secondary N) is 1. The summed E-state index contributed by atoms with van der Waals surface area (Å²) in [4.78, 5) is 15.8. The highest BCUT2D eigenvalue weighted by atomic mass is 32.2. The lowest BCUT2D eigenvalue weighted by atomic mass is 10.0. The van der Waals surface area contributed by atoms with Crippen LogP contribution in [-0.4, -0.2) is 33.6 Å². The first-order valence-electron chi connectivity index (χ1n) is 9.10. The van der Waals surface area contributed by atoms with Crippen molar-refractivity contribution in [2.75, 3.05) is 18.9 Å². The van der Waals surface area contributed by atoms with E-state index < -0.39 is 16.0 Å². The van der Waals surface area contributed by atoms with Gasteiger partial charge >= 0.3 is 5.97 Å². The number of carbonyl (C=O) groups excluding carboxylic acids is 1. The Balaban J connectivity index is 1.85. The SMILES string of the molecule is COC(=O)c1ccc(NS(=O)(=O)c2coc(-c3ccc(C(C)C)cc3)n2)c(OC)c1. The molecular formula is C21H22N2O6S. The van der Waals surface area contributed by atoms with Gasteiger partial charge < -0.3 is 13.9 Å². The minimum absolute atomic E-state index is 0.149. The van der Waals surface area contributed by atoms with E-state index in [1.54, 1.807) is 0 Å². The van der Waals surface area contributed by atoms with Gasteiger partial charge in [0.05, 0.1) is 25.5 Å². The second kappa shape index (κ2) is 8.58. The molecule has 1 aromatic heterocycles. The Morgan fingerprint density at radius 3 is 2.40 bits per heavy atom. The molecule has 9 heteroatoms. The van der Waals surface area contributed by atoms with Gasteiger partial charge in [0.2, 0.25) is 10.9 Å². The number of oxazole rings is 1. The van der Waals surface area contributed by atoms with Crippen molar-refractivity contribution in [3.05, 3.63) is 59.9 Å². The third-order valence-corrected chi connectivity index (χ3v) is 5.68. The largest absolute Gasteiger partial charge is 0.495 e. The highest BCUT2D eigenvalue weighted by Crippen LogP contribution is 2.29. The molecule has 0 unspecified atom stereocenters. The summed E-state index contributed by atoms with van der Waals surface area (Å²) in [5.74, 6) is 0.171. The van der Waals surface area contributed by atoms with Gasteiger partial charge in [-0.2, -0.15) is 13.4 Å². The molecule has 1 N–H and O–H groups in total. The van der Waals surface area contributed by atoms with Gasteiger partial charge in [0, 0.05) is 5.56 Å². The molecule has 0 aliphatic heterocycles. The third kappa shape index (κ3) is 4.46. The monoisotopic (exact) mass is 430 g/mol. The van der Waals surface area contributed by atoms with Crippen LogP contribution in [0.4, 0.5) is 5.69 Å². The van der Waals surface area contributed by atoms with Crippen LogP contribution in [0.25, 0.3) is 11.5 Å². The molecule has 30 heavy (non-hydrogen) atoms. The Bertz CT molecular complexity index is 1150. The van der Waals surface area contributed by atoms with Crippen LogP contribution in [-0.2, 0) is 14.8 Å². The summed E-state index contributed by atoms with van der Waals surface area (Å²) < 4.78 is 43.1. The Morgan fingerprint density at radius 2 is 1.80 bits per heavy atom. The summed E-state index contributed by atoms with van der Waals surface area (Å²) in [6.07, 6.45) is 1.07. The summed E-state index contributed by atoms with van der Waals surface area (Å²) in [6, 6.07) is 11.8. The predicted octanol–water partition coefficient (Wildman–Crippen LogP) is 4.06. The van der Waals surface area contributed by atoms with Crippen molar-refractivity contribution < 1.29 is 27.1 Å². The lowest BCUT2D eigenvalue weighted by Crippen LogP contribution is -2.14. The molecule has 0 saturated heterocycles. The molecule has 0 radical (unpaired) electrons. The van der Waals surface area contributed by atoms with Crippen molar-refractivity contribution in [3.8, 4) is 17.2 Å². The molecule has 0 bridgehead atoms. The number of benzene rings is 2. The zero-order chi connectivity index (χ0) is 21.9. The van der Waals surface area contributed by atoms with Gasteiger partial charge in [-0.05, 0) is 41.8 Å². The van der Waals surface area contributed by atoms with Gasteiger partial charge in [0.15, 0.2) is 0 Å². The summed E-state index contributed by atoms with van der Waals surface area (Å²) in [7, 11) is -1.43. The fourth-order valence-electron chi connectivity index (χ4n) is 2.74. The number of esters is 1. The molecule has 0 saturated carbocycles. The van der Waals surface area contributed by atoms with E-state index in [0.717, 1.165) is 11.8 Å². The Kier molecular flexibility index (Phi) is 6.12. The highest BCUT2D eigenvalue weighted by Gasteiger charge is 2.22. The first-order valence-corrected chi connectivity index (χ1v) is 10.6. The van der Waals surface area contributed by atoms with E-state index in [9.17, 15) is 13.2 Å². The van der Waals surface area contributed by atoms with Crippen molar-refractivity contribution in [2.24, 2.45) is 0 Å². The lowest BCUT2D eigenvalue weighted by Gasteiger charge is -2.11. The molecule has 0 aliphatic carbocycles. The smallest absolute Gasteiger partial charge is 0.337 e. The number of ether oxygens (including phenoxy) is 2. The molecule has 1 heterocycles. The van der Waals surface area contributed by atoms with Crippen molar-refractivity contribution >= 4 is 21.7 Å². The third-order valence-electron chi connectivity index (χ3n) is 4.45. The van der Waals surface area contributed by atoms with Gasteiger partial charge in [-0.1, -0.05) is 26.0 Å². The molecule has 0 fully saturated rings. The van der Waals surface area contributed by atoms with Crippen molar-refractivity contribution in [1.29, 1.82) is 0 Å². The quantitative estimate of drug-likeness (QED) is 0.563. The Labute approximate surface area is 174 Å². The number of carbonyl (C=O) groups is 1. The predicted molar refractivity (Wildman–Crippen MR) is 111 cm³/mol. The summed E-state index contributed by atoms with van der Waals surface area (Å²) in [5.41, 5.74) is 2.20.